The zero-order valence-corrected chi connectivity index (χ0v) is 9.66. The Morgan fingerprint density at radius 1 is 1.25 bits per heavy atom. The average molecular weight is 217 g/mol. The fourth-order valence-corrected chi connectivity index (χ4v) is 1.94. The molecule has 0 unspecified atom stereocenters. The maximum absolute atomic E-state index is 5.81. The molecule has 0 aliphatic carbocycles. The third-order valence-electron chi connectivity index (χ3n) is 2.77. The van der Waals surface area contributed by atoms with Gasteiger partial charge in [0.05, 0.1) is 13.3 Å². The van der Waals surface area contributed by atoms with Crippen LogP contribution in [0.1, 0.15) is 11.1 Å². The van der Waals surface area contributed by atoms with Gasteiger partial charge in [0.2, 0.25) is 0 Å². The number of H-pyrrole nitrogens is 1. The molecule has 0 saturated carbocycles. The van der Waals surface area contributed by atoms with Crippen molar-refractivity contribution >= 4 is 5.82 Å². The molecule has 16 heavy (non-hydrogen) atoms. The molecule has 1 aromatic heterocycles. The SMILES string of the molecule is COc1c(C)ccc(-c2cn[nH]c2N)c1C. The highest BCUT2D eigenvalue weighted by atomic mass is 16.5. The number of nitrogens with zero attached hydrogens (tertiary/aromatic N) is 1. The highest BCUT2D eigenvalue weighted by molar-refractivity contribution is 5.77. The van der Waals surface area contributed by atoms with Crippen LogP contribution in [0.15, 0.2) is 18.3 Å². The third-order valence-corrected chi connectivity index (χ3v) is 2.77. The fraction of sp³-hybridized carbons (Fsp3) is 0.250. The summed E-state index contributed by atoms with van der Waals surface area (Å²) in [6, 6.07) is 4.06. The first-order valence-electron chi connectivity index (χ1n) is 5.08. The zero-order chi connectivity index (χ0) is 11.7. The fourth-order valence-electron chi connectivity index (χ4n) is 1.94. The quantitative estimate of drug-likeness (QED) is 0.811. The molecule has 0 amide bonds. The normalized spacial score (nSPS) is 10.4. The van der Waals surface area contributed by atoms with E-state index in [9.17, 15) is 0 Å². The first kappa shape index (κ1) is 10.5. The van der Waals surface area contributed by atoms with E-state index in [1.54, 1.807) is 13.3 Å². The molecule has 1 aromatic carbocycles. The van der Waals surface area contributed by atoms with Gasteiger partial charge in [-0.15, -0.1) is 0 Å². The molecule has 0 atom stereocenters. The molecule has 2 rings (SSSR count). The summed E-state index contributed by atoms with van der Waals surface area (Å²) in [5, 5.41) is 6.66. The molecule has 0 radical (unpaired) electrons. The Hall–Kier alpha value is -1.97. The van der Waals surface area contributed by atoms with E-state index in [-0.39, 0.29) is 0 Å². The average Bonchev–Trinajstić information content (AvgIpc) is 2.66. The van der Waals surface area contributed by atoms with E-state index in [2.05, 4.69) is 10.2 Å². The van der Waals surface area contributed by atoms with Gasteiger partial charge in [-0.1, -0.05) is 12.1 Å². The van der Waals surface area contributed by atoms with Gasteiger partial charge in [0.15, 0.2) is 0 Å². The van der Waals surface area contributed by atoms with Crippen molar-refractivity contribution in [3.05, 3.63) is 29.5 Å². The van der Waals surface area contributed by atoms with Crippen LogP contribution in [-0.2, 0) is 0 Å². The summed E-state index contributed by atoms with van der Waals surface area (Å²) in [5.41, 5.74) is 9.97. The van der Waals surface area contributed by atoms with Crippen LogP contribution in [0.2, 0.25) is 0 Å². The Labute approximate surface area is 94.4 Å². The van der Waals surface area contributed by atoms with E-state index in [4.69, 9.17) is 10.5 Å². The number of ether oxygens (including phenoxy) is 1. The summed E-state index contributed by atoms with van der Waals surface area (Å²) in [6.45, 7) is 4.04. The van der Waals surface area contributed by atoms with E-state index in [0.717, 1.165) is 28.0 Å². The van der Waals surface area contributed by atoms with Crippen molar-refractivity contribution in [3.8, 4) is 16.9 Å². The summed E-state index contributed by atoms with van der Waals surface area (Å²) in [7, 11) is 1.68. The second-order valence-electron chi connectivity index (χ2n) is 3.79. The van der Waals surface area contributed by atoms with Crippen LogP contribution in [-0.4, -0.2) is 17.3 Å². The third kappa shape index (κ3) is 1.52. The lowest BCUT2D eigenvalue weighted by Crippen LogP contribution is -1.95. The molecule has 0 aliphatic rings. The monoisotopic (exact) mass is 217 g/mol. The topological polar surface area (TPSA) is 63.9 Å². The number of nitrogens with two attached hydrogens (primary N) is 1. The number of aromatic nitrogens is 2. The van der Waals surface area contributed by atoms with E-state index in [1.165, 1.54) is 0 Å². The first-order valence-corrected chi connectivity index (χ1v) is 5.08. The lowest BCUT2D eigenvalue weighted by molar-refractivity contribution is 0.409. The largest absolute Gasteiger partial charge is 0.496 e. The van der Waals surface area contributed by atoms with Crippen LogP contribution < -0.4 is 10.5 Å². The number of aryl methyl sites for hydroxylation is 1. The molecule has 0 aliphatic heterocycles. The van der Waals surface area contributed by atoms with Gasteiger partial charge in [-0.2, -0.15) is 5.10 Å². The second-order valence-corrected chi connectivity index (χ2v) is 3.79. The summed E-state index contributed by atoms with van der Waals surface area (Å²) in [5.74, 6) is 1.48. The number of nitrogens with one attached hydrogen (secondary N) is 1. The van der Waals surface area contributed by atoms with Crippen LogP contribution in [0.25, 0.3) is 11.1 Å². The minimum atomic E-state index is 0.578. The predicted octanol–water partition coefficient (Wildman–Crippen LogP) is 2.28. The van der Waals surface area contributed by atoms with Crippen molar-refractivity contribution < 1.29 is 4.74 Å². The Morgan fingerprint density at radius 3 is 2.56 bits per heavy atom. The molecule has 0 bridgehead atoms. The lowest BCUT2D eigenvalue weighted by Gasteiger charge is -2.12. The number of anilines is 1. The predicted molar refractivity (Wildman–Crippen MR) is 64.5 cm³/mol. The van der Waals surface area contributed by atoms with Gasteiger partial charge in [-0.3, -0.25) is 5.10 Å². The zero-order valence-electron chi connectivity index (χ0n) is 9.66. The molecule has 4 nitrogen and oxygen atoms in total. The van der Waals surface area contributed by atoms with Crippen molar-refractivity contribution in [2.45, 2.75) is 13.8 Å². The van der Waals surface area contributed by atoms with Gasteiger partial charge >= 0.3 is 0 Å². The van der Waals surface area contributed by atoms with Crippen LogP contribution in [0.4, 0.5) is 5.82 Å². The van der Waals surface area contributed by atoms with Gasteiger partial charge < -0.3 is 10.5 Å². The van der Waals surface area contributed by atoms with Crippen molar-refractivity contribution in [1.82, 2.24) is 10.2 Å². The van der Waals surface area contributed by atoms with Gasteiger partial charge in [0.25, 0.3) is 0 Å². The summed E-state index contributed by atoms with van der Waals surface area (Å²) >= 11 is 0. The highest BCUT2D eigenvalue weighted by Crippen LogP contribution is 2.34. The maximum Gasteiger partial charge on any atom is 0.126 e. The molecule has 4 heteroatoms. The van der Waals surface area contributed by atoms with E-state index in [0.29, 0.717) is 5.82 Å². The number of rotatable bonds is 2. The van der Waals surface area contributed by atoms with Crippen LogP contribution in [0, 0.1) is 13.8 Å². The Kier molecular flexibility index (Phi) is 2.56. The number of hydrogen-bond donors (Lipinski definition) is 2. The number of benzene rings is 1. The van der Waals surface area contributed by atoms with Crippen LogP contribution in [0.5, 0.6) is 5.75 Å². The van der Waals surface area contributed by atoms with Gasteiger partial charge in [0.1, 0.15) is 11.6 Å². The van der Waals surface area contributed by atoms with E-state index >= 15 is 0 Å². The standard InChI is InChI=1S/C12H15N3O/c1-7-4-5-9(8(2)11(7)16-3)10-6-14-15-12(10)13/h4-6H,1-3H3,(H3,13,14,15). The maximum atomic E-state index is 5.81. The number of nitrogen functional groups attached to an aromatic ring is 1. The summed E-state index contributed by atoms with van der Waals surface area (Å²) in [4.78, 5) is 0. The minimum Gasteiger partial charge on any atom is -0.496 e. The molecular formula is C12H15N3O. The Morgan fingerprint density at radius 2 is 2.00 bits per heavy atom. The van der Waals surface area contributed by atoms with Crippen molar-refractivity contribution in [2.24, 2.45) is 0 Å². The Balaban J connectivity index is 2.63. The smallest absolute Gasteiger partial charge is 0.126 e. The van der Waals surface area contributed by atoms with Crippen molar-refractivity contribution in [3.63, 3.8) is 0 Å². The number of hydrogen-bond acceptors (Lipinski definition) is 3. The summed E-state index contributed by atoms with van der Waals surface area (Å²) < 4.78 is 5.38. The lowest BCUT2D eigenvalue weighted by atomic mass is 9.99. The van der Waals surface area contributed by atoms with Crippen molar-refractivity contribution in [1.29, 1.82) is 0 Å². The minimum absolute atomic E-state index is 0.578. The van der Waals surface area contributed by atoms with Gasteiger partial charge in [-0.05, 0) is 30.5 Å². The molecule has 0 spiro atoms. The molecule has 0 fully saturated rings. The Bertz CT molecular complexity index is 517. The second kappa shape index (κ2) is 3.89. The first-order chi connectivity index (χ1) is 7.65. The summed E-state index contributed by atoms with van der Waals surface area (Å²) in [6.07, 6.45) is 1.73. The van der Waals surface area contributed by atoms with Gasteiger partial charge in [0, 0.05) is 5.56 Å². The molecule has 0 saturated heterocycles. The molecule has 1 heterocycles. The highest BCUT2D eigenvalue weighted by Gasteiger charge is 2.12. The number of aromatic amines is 1. The van der Waals surface area contributed by atoms with Crippen LogP contribution in [0.3, 0.4) is 0 Å². The van der Waals surface area contributed by atoms with Gasteiger partial charge in [-0.25, -0.2) is 0 Å². The molecular weight excluding hydrogens is 202 g/mol. The van der Waals surface area contributed by atoms with E-state index in [1.807, 2.05) is 26.0 Å². The van der Waals surface area contributed by atoms with Crippen molar-refractivity contribution in [2.75, 3.05) is 12.8 Å². The number of methoxy groups -OCH3 is 1. The molecule has 84 valence electrons. The van der Waals surface area contributed by atoms with E-state index < -0.39 is 0 Å². The molecule has 2 aromatic rings. The van der Waals surface area contributed by atoms with Crippen LogP contribution >= 0.6 is 0 Å². The molecule has 3 N–H and O–H groups in total.